The first-order valence-corrected chi connectivity index (χ1v) is 6.63. The van der Waals surface area contributed by atoms with Crippen LogP contribution in [0.2, 0.25) is 0 Å². The largest absolute Gasteiger partial charge is 0.391 e. The maximum atomic E-state index is 10.6. The van der Waals surface area contributed by atoms with Crippen LogP contribution in [-0.4, -0.2) is 84.5 Å². The number of aliphatic hydroxyl groups excluding tert-OH is 3. The van der Waals surface area contributed by atoms with Crippen molar-refractivity contribution < 1.29 is 32.8 Å². The Hall–Kier alpha value is -0.250. The molecule has 16 heavy (non-hydrogen) atoms. The molecule has 0 aliphatic rings. The van der Waals surface area contributed by atoms with Gasteiger partial charge in [-0.2, -0.15) is 8.42 Å². The molecule has 0 amide bonds. The molecule has 0 unspecified atom stereocenters. The summed E-state index contributed by atoms with van der Waals surface area (Å²) in [5, 5.41) is 26.7. The van der Waals surface area contributed by atoms with Gasteiger partial charge >= 0.3 is 0 Å². The van der Waals surface area contributed by atoms with Crippen LogP contribution in [0.1, 0.15) is 0 Å². The molecule has 98 valence electrons. The molecule has 0 aromatic heterocycles. The summed E-state index contributed by atoms with van der Waals surface area (Å²) in [5.74, 6) is -0.451. The lowest BCUT2D eigenvalue weighted by Gasteiger charge is -2.37. The summed E-state index contributed by atoms with van der Waals surface area (Å²) in [6, 6.07) is 0. The van der Waals surface area contributed by atoms with Crippen LogP contribution in [0, 0.1) is 0 Å². The van der Waals surface area contributed by atoms with Gasteiger partial charge in [0.15, 0.2) is 0 Å². The molecule has 0 rings (SSSR count). The van der Waals surface area contributed by atoms with Gasteiger partial charge in [0.05, 0.1) is 26.4 Å². The van der Waals surface area contributed by atoms with E-state index in [1.54, 1.807) is 0 Å². The maximum absolute atomic E-state index is 10.6. The summed E-state index contributed by atoms with van der Waals surface area (Å²) in [4.78, 5) is 0. The molecule has 0 saturated carbocycles. The van der Waals surface area contributed by atoms with Crippen molar-refractivity contribution in [1.82, 2.24) is 0 Å². The van der Waals surface area contributed by atoms with Crippen molar-refractivity contribution in [2.24, 2.45) is 0 Å². The van der Waals surface area contributed by atoms with Crippen molar-refractivity contribution in [1.29, 1.82) is 0 Å². The van der Waals surface area contributed by atoms with Gasteiger partial charge in [0.2, 0.25) is 0 Å². The Morgan fingerprint density at radius 3 is 1.44 bits per heavy atom. The van der Waals surface area contributed by atoms with E-state index in [0.29, 0.717) is 0 Å². The van der Waals surface area contributed by atoms with Gasteiger partial charge in [0, 0.05) is 0 Å². The summed E-state index contributed by atoms with van der Waals surface area (Å²) in [7, 11) is -4.07. The highest BCUT2D eigenvalue weighted by molar-refractivity contribution is 7.85. The monoisotopic (exact) mass is 258 g/mol. The van der Waals surface area contributed by atoms with E-state index in [2.05, 4.69) is 0 Å². The average molecular weight is 258 g/mol. The Morgan fingerprint density at radius 1 is 0.812 bits per heavy atom. The molecule has 4 N–H and O–H groups in total. The summed E-state index contributed by atoms with van der Waals surface area (Å²) in [5.41, 5.74) is 0. The van der Waals surface area contributed by atoms with Gasteiger partial charge in [0.25, 0.3) is 10.1 Å². The van der Waals surface area contributed by atoms with Crippen LogP contribution in [0.25, 0.3) is 0 Å². The van der Waals surface area contributed by atoms with Gasteiger partial charge in [0.1, 0.15) is 25.4 Å². The Bertz CT molecular complexity index is 261. The van der Waals surface area contributed by atoms with Gasteiger partial charge in [-0.25, -0.2) is 0 Å². The van der Waals surface area contributed by atoms with Crippen molar-refractivity contribution in [3.05, 3.63) is 0 Å². The minimum atomic E-state index is -4.07. The van der Waals surface area contributed by atoms with Crippen molar-refractivity contribution in [2.45, 2.75) is 0 Å². The van der Waals surface area contributed by atoms with E-state index < -0.39 is 15.9 Å². The lowest BCUT2D eigenvalue weighted by molar-refractivity contribution is -0.926. The number of hydrogen-bond donors (Lipinski definition) is 4. The van der Waals surface area contributed by atoms with Gasteiger partial charge in [-0.3, -0.25) is 4.55 Å². The second-order valence-corrected chi connectivity index (χ2v) is 5.27. The van der Waals surface area contributed by atoms with Crippen LogP contribution in [0.3, 0.4) is 0 Å². The fourth-order valence-electron chi connectivity index (χ4n) is 1.62. The van der Waals surface area contributed by atoms with E-state index in [4.69, 9.17) is 19.9 Å². The van der Waals surface area contributed by atoms with Crippen molar-refractivity contribution in [2.75, 3.05) is 51.8 Å². The molecule has 0 radical (unpaired) electrons. The zero-order valence-corrected chi connectivity index (χ0v) is 9.93. The van der Waals surface area contributed by atoms with Crippen LogP contribution in [0.5, 0.6) is 0 Å². The lowest BCUT2D eigenvalue weighted by atomic mass is 10.3. The van der Waals surface area contributed by atoms with E-state index in [1.807, 2.05) is 0 Å². The number of quaternary nitrogens is 1. The quantitative estimate of drug-likeness (QED) is 0.272. The predicted molar refractivity (Wildman–Crippen MR) is 57.4 cm³/mol. The minimum absolute atomic E-state index is 0.0561. The second-order valence-electron chi connectivity index (χ2n) is 3.69. The topological polar surface area (TPSA) is 115 Å². The maximum Gasteiger partial charge on any atom is 0.270 e. The molecule has 0 saturated heterocycles. The molecular weight excluding hydrogens is 238 g/mol. The van der Waals surface area contributed by atoms with E-state index in [-0.39, 0.29) is 50.5 Å². The molecule has 0 aromatic rings. The minimum Gasteiger partial charge on any atom is -0.391 e. The first-order valence-electron chi connectivity index (χ1n) is 5.02. The fraction of sp³-hybridized carbons (Fsp3) is 1.00. The molecule has 0 atom stereocenters. The third kappa shape index (κ3) is 6.36. The number of rotatable bonds is 9. The Morgan fingerprint density at radius 2 is 1.19 bits per heavy atom. The van der Waals surface area contributed by atoms with Crippen LogP contribution in [-0.2, 0) is 10.1 Å². The molecule has 0 fully saturated rings. The Balaban J connectivity index is 4.58. The SMILES string of the molecule is O=S(=O)(O)CC[N+](CCO)(CCO)CCO. The van der Waals surface area contributed by atoms with Gasteiger partial charge in [-0.15, -0.1) is 0 Å². The molecular formula is C8H20NO6S+. The summed E-state index contributed by atoms with van der Waals surface area (Å²) < 4.78 is 30.0. The van der Waals surface area contributed by atoms with Crippen molar-refractivity contribution in [3.63, 3.8) is 0 Å². The van der Waals surface area contributed by atoms with Crippen LogP contribution in [0.15, 0.2) is 0 Å². The predicted octanol–water partition coefficient (Wildman–Crippen LogP) is -2.33. The Labute approximate surface area is 95.3 Å². The first-order chi connectivity index (χ1) is 7.39. The molecule has 7 nitrogen and oxygen atoms in total. The molecule has 0 aromatic carbocycles. The van der Waals surface area contributed by atoms with Crippen molar-refractivity contribution in [3.8, 4) is 0 Å². The van der Waals surface area contributed by atoms with Crippen LogP contribution < -0.4 is 0 Å². The van der Waals surface area contributed by atoms with Crippen molar-refractivity contribution >= 4 is 10.1 Å². The Kier molecular flexibility index (Phi) is 7.04. The third-order valence-electron chi connectivity index (χ3n) is 2.55. The van der Waals surface area contributed by atoms with E-state index >= 15 is 0 Å². The lowest BCUT2D eigenvalue weighted by Crippen LogP contribution is -2.55. The first kappa shape index (κ1) is 15.8. The van der Waals surface area contributed by atoms with E-state index in [0.717, 1.165) is 0 Å². The number of aliphatic hydroxyl groups is 3. The normalized spacial score (nSPS) is 13.0. The highest BCUT2D eigenvalue weighted by Crippen LogP contribution is 2.06. The van der Waals surface area contributed by atoms with Crippen LogP contribution >= 0.6 is 0 Å². The summed E-state index contributed by atoms with van der Waals surface area (Å²) in [6.45, 7) is 0.229. The second kappa shape index (κ2) is 7.15. The van der Waals surface area contributed by atoms with Gasteiger partial charge in [-0.05, 0) is 0 Å². The molecule has 0 aliphatic carbocycles. The molecule has 0 spiro atoms. The van der Waals surface area contributed by atoms with Gasteiger partial charge < -0.3 is 19.8 Å². The molecule has 8 heteroatoms. The van der Waals surface area contributed by atoms with E-state index in [1.165, 1.54) is 0 Å². The molecule has 0 aliphatic heterocycles. The third-order valence-corrected chi connectivity index (χ3v) is 3.25. The standard InChI is InChI=1S/C8H19NO6S/c10-5-1-9(2-6-11,3-7-12)4-8-16(13,14)15/h10-12H,1-8H2/p+1. The smallest absolute Gasteiger partial charge is 0.270 e. The van der Waals surface area contributed by atoms with Crippen LogP contribution in [0.4, 0.5) is 0 Å². The number of hydrogen-bond acceptors (Lipinski definition) is 5. The molecule has 0 heterocycles. The summed E-state index contributed by atoms with van der Waals surface area (Å²) >= 11 is 0. The highest BCUT2D eigenvalue weighted by atomic mass is 32.2. The zero-order valence-electron chi connectivity index (χ0n) is 9.12. The summed E-state index contributed by atoms with van der Waals surface area (Å²) in [6.07, 6.45) is 0. The zero-order chi connectivity index (χ0) is 12.7. The van der Waals surface area contributed by atoms with E-state index in [9.17, 15) is 8.42 Å². The average Bonchev–Trinajstić information content (AvgIpc) is 2.15. The highest BCUT2D eigenvalue weighted by Gasteiger charge is 2.27. The number of nitrogens with zero attached hydrogens (tertiary/aromatic N) is 1. The molecule has 0 bridgehead atoms. The fourth-order valence-corrected chi connectivity index (χ4v) is 2.23. The van der Waals surface area contributed by atoms with Gasteiger partial charge in [-0.1, -0.05) is 0 Å².